The van der Waals surface area contributed by atoms with Gasteiger partial charge in [-0.3, -0.25) is 4.79 Å². The lowest BCUT2D eigenvalue weighted by Crippen LogP contribution is -2.30. The Morgan fingerprint density at radius 3 is 2.94 bits per heavy atom. The van der Waals surface area contributed by atoms with Gasteiger partial charge in [-0.1, -0.05) is 13.0 Å². The number of rotatable bonds is 2. The second-order valence-electron chi connectivity index (χ2n) is 5.10. The average Bonchev–Trinajstić information content (AvgIpc) is 2.47. The van der Waals surface area contributed by atoms with Gasteiger partial charge in [0.2, 0.25) is 5.91 Å². The summed E-state index contributed by atoms with van der Waals surface area (Å²) in [4.78, 5) is 13.7. The molecule has 0 saturated carbocycles. The van der Waals surface area contributed by atoms with Crippen LogP contribution >= 0.6 is 0 Å². The Kier molecular flexibility index (Phi) is 3.84. The van der Waals surface area contributed by atoms with Crippen molar-refractivity contribution >= 4 is 11.6 Å². The molecule has 3 nitrogen and oxygen atoms in total. The normalized spacial score (nSPS) is 20.9. The lowest BCUT2D eigenvalue weighted by atomic mass is 10.0. The van der Waals surface area contributed by atoms with Crippen molar-refractivity contribution in [2.45, 2.75) is 32.7 Å². The van der Waals surface area contributed by atoms with E-state index >= 15 is 0 Å². The molecule has 2 rings (SSSR count). The van der Waals surface area contributed by atoms with E-state index < -0.39 is 0 Å². The smallest absolute Gasteiger partial charge is 0.222 e. The molecule has 1 fully saturated rings. The minimum absolute atomic E-state index is 0.121. The topological polar surface area (TPSA) is 46.3 Å². The quantitative estimate of drug-likeness (QED) is 0.820. The zero-order valence-corrected chi connectivity index (χ0v) is 10.7. The highest BCUT2D eigenvalue weighted by atomic mass is 19.1. The molecule has 0 spiro atoms. The molecule has 1 heterocycles. The third-order valence-electron chi connectivity index (χ3n) is 3.53. The highest BCUT2D eigenvalue weighted by Crippen LogP contribution is 2.20. The summed E-state index contributed by atoms with van der Waals surface area (Å²) in [6, 6.07) is 4.63. The van der Waals surface area contributed by atoms with Crippen LogP contribution in [-0.2, 0) is 11.3 Å². The molecule has 0 aromatic heterocycles. The first kappa shape index (κ1) is 12.9. The minimum atomic E-state index is -0.333. The van der Waals surface area contributed by atoms with Crippen molar-refractivity contribution in [3.05, 3.63) is 29.6 Å². The largest absolute Gasteiger partial charge is 0.399 e. The summed E-state index contributed by atoms with van der Waals surface area (Å²) in [7, 11) is 0. The van der Waals surface area contributed by atoms with Gasteiger partial charge in [0, 0.05) is 30.8 Å². The Morgan fingerprint density at radius 2 is 2.22 bits per heavy atom. The molecule has 1 atom stereocenters. The van der Waals surface area contributed by atoms with Crippen LogP contribution in [0.1, 0.15) is 31.7 Å². The van der Waals surface area contributed by atoms with Gasteiger partial charge in [-0.25, -0.2) is 4.39 Å². The van der Waals surface area contributed by atoms with E-state index in [1.807, 2.05) is 0 Å². The fourth-order valence-electron chi connectivity index (χ4n) is 2.24. The first-order valence-corrected chi connectivity index (χ1v) is 6.38. The maximum absolute atomic E-state index is 13.7. The number of hydrogen-bond acceptors (Lipinski definition) is 2. The monoisotopic (exact) mass is 250 g/mol. The second kappa shape index (κ2) is 5.38. The van der Waals surface area contributed by atoms with Gasteiger partial charge in [0.1, 0.15) is 5.82 Å². The summed E-state index contributed by atoms with van der Waals surface area (Å²) in [6.45, 7) is 3.21. The maximum atomic E-state index is 13.7. The first-order chi connectivity index (χ1) is 8.56. The molecule has 4 heteroatoms. The molecule has 0 radical (unpaired) electrons. The molecule has 1 amide bonds. The number of hydrogen-bond donors (Lipinski definition) is 1. The molecule has 1 aromatic rings. The molecule has 1 unspecified atom stereocenters. The SMILES string of the molecule is CC1CCC(=O)N(Cc2ccc(N)cc2F)CC1. The molecule has 1 aromatic carbocycles. The third-order valence-corrected chi connectivity index (χ3v) is 3.53. The van der Waals surface area contributed by atoms with Crippen molar-refractivity contribution in [2.24, 2.45) is 5.92 Å². The fraction of sp³-hybridized carbons (Fsp3) is 0.500. The van der Waals surface area contributed by atoms with Gasteiger partial charge in [-0.2, -0.15) is 0 Å². The van der Waals surface area contributed by atoms with Crippen molar-refractivity contribution in [1.29, 1.82) is 0 Å². The van der Waals surface area contributed by atoms with Gasteiger partial charge >= 0.3 is 0 Å². The lowest BCUT2D eigenvalue weighted by Gasteiger charge is -2.21. The molecule has 0 aliphatic carbocycles. The molecule has 0 bridgehead atoms. The molecule has 2 N–H and O–H groups in total. The fourth-order valence-corrected chi connectivity index (χ4v) is 2.24. The molecular formula is C14H19FN2O. The number of likely N-dealkylation sites (tertiary alicyclic amines) is 1. The van der Waals surface area contributed by atoms with Gasteiger partial charge in [0.15, 0.2) is 0 Å². The zero-order valence-electron chi connectivity index (χ0n) is 10.7. The number of nitrogens with two attached hydrogens (primary N) is 1. The predicted octanol–water partition coefficient (Wildman–Crippen LogP) is 2.56. The van der Waals surface area contributed by atoms with E-state index in [0.717, 1.165) is 12.8 Å². The number of amides is 1. The van der Waals surface area contributed by atoms with Crippen molar-refractivity contribution in [3.63, 3.8) is 0 Å². The summed E-state index contributed by atoms with van der Waals surface area (Å²) in [5.41, 5.74) is 6.45. The van der Waals surface area contributed by atoms with Crippen LogP contribution in [0.15, 0.2) is 18.2 Å². The van der Waals surface area contributed by atoms with Gasteiger partial charge in [0.25, 0.3) is 0 Å². The number of halogens is 1. The summed E-state index contributed by atoms with van der Waals surface area (Å²) in [5.74, 6) is 0.353. The Balaban J connectivity index is 2.09. The van der Waals surface area contributed by atoms with Crippen molar-refractivity contribution in [2.75, 3.05) is 12.3 Å². The number of anilines is 1. The average molecular weight is 250 g/mol. The van der Waals surface area contributed by atoms with Crippen LogP contribution in [0, 0.1) is 11.7 Å². The molecule has 1 aliphatic heterocycles. The number of nitrogens with zero attached hydrogens (tertiary/aromatic N) is 1. The van der Waals surface area contributed by atoms with E-state index in [1.54, 1.807) is 17.0 Å². The Morgan fingerprint density at radius 1 is 1.44 bits per heavy atom. The molecule has 1 saturated heterocycles. The number of carbonyl (C=O) groups is 1. The van der Waals surface area contributed by atoms with Crippen molar-refractivity contribution in [1.82, 2.24) is 4.90 Å². The predicted molar refractivity (Wildman–Crippen MR) is 69.2 cm³/mol. The number of nitrogen functional groups attached to an aromatic ring is 1. The highest BCUT2D eigenvalue weighted by molar-refractivity contribution is 5.76. The van der Waals surface area contributed by atoms with E-state index in [-0.39, 0.29) is 11.7 Å². The molecule has 98 valence electrons. The number of benzene rings is 1. The molecule has 18 heavy (non-hydrogen) atoms. The standard InChI is InChI=1S/C14H19FN2O/c1-10-2-5-14(18)17(7-6-10)9-11-3-4-12(16)8-13(11)15/h3-4,8,10H,2,5-7,9,16H2,1H3. The van der Waals surface area contributed by atoms with E-state index in [2.05, 4.69) is 6.92 Å². The van der Waals surface area contributed by atoms with Gasteiger partial charge < -0.3 is 10.6 Å². The van der Waals surface area contributed by atoms with Crippen LogP contribution in [-0.4, -0.2) is 17.4 Å². The van der Waals surface area contributed by atoms with E-state index in [1.165, 1.54) is 6.07 Å². The van der Waals surface area contributed by atoms with E-state index in [0.29, 0.717) is 36.7 Å². The summed E-state index contributed by atoms with van der Waals surface area (Å²) < 4.78 is 13.7. The Labute approximate surface area is 107 Å². The van der Waals surface area contributed by atoms with Crippen LogP contribution in [0.4, 0.5) is 10.1 Å². The maximum Gasteiger partial charge on any atom is 0.222 e. The van der Waals surface area contributed by atoms with Crippen LogP contribution in [0.5, 0.6) is 0 Å². The zero-order chi connectivity index (χ0) is 13.1. The number of carbonyl (C=O) groups excluding carboxylic acids is 1. The van der Waals surface area contributed by atoms with E-state index in [4.69, 9.17) is 5.73 Å². The second-order valence-corrected chi connectivity index (χ2v) is 5.10. The highest BCUT2D eigenvalue weighted by Gasteiger charge is 2.21. The van der Waals surface area contributed by atoms with Crippen LogP contribution in [0.3, 0.4) is 0 Å². The lowest BCUT2D eigenvalue weighted by molar-refractivity contribution is -0.131. The minimum Gasteiger partial charge on any atom is -0.399 e. The summed E-state index contributed by atoms with van der Waals surface area (Å²) in [6.07, 6.45) is 2.49. The summed E-state index contributed by atoms with van der Waals surface area (Å²) >= 11 is 0. The first-order valence-electron chi connectivity index (χ1n) is 6.38. The Hall–Kier alpha value is -1.58. The van der Waals surface area contributed by atoms with Gasteiger partial charge in [0.05, 0.1) is 0 Å². The van der Waals surface area contributed by atoms with Crippen LogP contribution in [0.25, 0.3) is 0 Å². The van der Waals surface area contributed by atoms with Crippen molar-refractivity contribution in [3.8, 4) is 0 Å². The molecular weight excluding hydrogens is 231 g/mol. The van der Waals surface area contributed by atoms with Crippen LogP contribution in [0.2, 0.25) is 0 Å². The van der Waals surface area contributed by atoms with Crippen LogP contribution < -0.4 is 5.73 Å². The Bertz CT molecular complexity index is 447. The van der Waals surface area contributed by atoms with E-state index in [9.17, 15) is 9.18 Å². The third kappa shape index (κ3) is 3.00. The summed E-state index contributed by atoms with van der Waals surface area (Å²) in [5, 5.41) is 0. The van der Waals surface area contributed by atoms with Gasteiger partial charge in [-0.15, -0.1) is 0 Å². The molecule has 1 aliphatic rings. The van der Waals surface area contributed by atoms with Crippen molar-refractivity contribution < 1.29 is 9.18 Å². The van der Waals surface area contributed by atoms with Gasteiger partial charge in [-0.05, 0) is 30.9 Å².